The summed E-state index contributed by atoms with van der Waals surface area (Å²) in [5.41, 5.74) is 9.09. The third kappa shape index (κ3) is 10.3. The van der Waals surface area contributed by atoms with Gasteiger partial charge in [0.1, 0.15) is 12.4 Å². The molecule has 31 heavy (non-hydrogen) atoms. The molecule has 172 valence electrons. The summed E-state index contributed by atoms with van der Waals surface area (Å²) in [5, 5.41) is 6.92. The summed E-state index contributed by atoms with van der Waals surface area (Å²) < 4.78 is 11.1. The standard InChI is InChI=1S/C14H24N4O2.C8H9N.C2H6/c1-3-17(2)4-9-20-14-11-12(10-13(15)16-14)18-5-7-19-8-6-18;1-7-3-2-4-8(5-7)6-9;1-2/h10-11H,3-9H2,1-2H3,(H2,15,16);2-6,9H,1H3;1-2H3. The number of hydrogen-bond acceptors (Lipinski definition) is 7. The van der Waals surface area contributed by atoms with E-state index in [2.05, 4.69) is 28.8 Å². The molecule has 0 aliphatic carbocycles. The Morgan fingerprint density at radius 1 is 1.23 bits per heavy atom. The molecule has 3 N–H and O–H groups in total. The van der Waals surface area contributed by atoms with Gasteiger partial charge in [-0.15, -0.1) is 0 Å². The molecule has 1 aromatic heterocycles. The number of anilines is 2. The lowest BCUT2D eigenvalue weighted by Crippen LogP contribution is -2.36. The molecule has 1 aromatic carbocycles. The van der Waals surface area contributed by atoms with Crippen LogP contribution in [0.15, 0.2) is 36.4 Å². The van der Waals surface area contributed by atoms with Gasteiger partial charge in [0, 0.05) is 43.7 Å². The van der Waals surface area contributed by atoms with Crippen LogP contribution >= 0.6 is 0 Å². The number of rotatable bonds is 7. The van der Waals surface area contributed by atoms with Crippen LogP contribution < -0.4 is 15.4 Å². The number of morpholine rings is 1. The van der Waals surface area contributed by atoms with Gasteiger partial charge < -0.3 is 30.4 Å². The molecular weight excluding hydrogens is 390 g/mol. The smallest absolute Gasteiger partial charge is 0.217 e. The fourth-order valence-corrected chi connectivity index (χ4v) is 2.81. The van der Waals surface area contributed by atoms with E-state index in [4.69, 9.17) is 20.6 Å². The van der Waals surface area contributed by atoms with Gasteiger partial charge in [-0.05, 0) is 26.1 Å². The van der Waals surface area contributed by atoms with Gasteiger partial charge in [0.15, 0.2) is 0 Å². The molecule has 0 bridgehead atoms. The minimum absolute atomic E-state index is 0.493. The number of nitrogen functional groups attached to an aromatic ring is 1. The lowest BCUT2D eigenvalue weighted by Gasteiger charge is -2.29. The van der Waals surface area contributed by atoms with Crippen LogP contribution in [0.3, 0.4) is 0 Å². The Hall–Kier alpha value is -2.64. The first-order valence-corrected chi connectivity index (χ1v) is 11.0. The summed E-state index contributed by atoms with van der Waals surface area (Å²) in [4.78, 5) is 8.66. The molecule has 1 aliphatic heterocycles. The Balaban J connectivity index is 0.000000365. The van der Waals surface area contributed by atoms with Gasteiger partial charge in [0.25, 0.3) is 0 Å². The molecule has 0 saturated carbocycles. The van der Waals surface area contributed by atoms with Gasteiger partial charge in [0.05, 0.1) is 13.2 Å². The maximum absolute atomic E-state index is 6.92. The van der Waals surface area contributed by atoms with Gasteiger partial charge in [-0.2, -0.15) is 4.98 Å². The number of aryl methyl sites for hydroxylation is 1. The quantitative estimate of drug-likeness (QED) is 0.650. The number of ether oxygens (including phenoxy) is 2. The van der Waals surface area contributed by atoms with Crippen molar-refractivity contribution in [3.63, 3.8) is 0 Å². The van der Waals surface area contributed by atoms with Crippen LogP contribution in [0.1, 0.15) is 31.9 Å². The molecule has 0 unspecified atom stereocenters. The summed E-state index contributed by atoms with van der Waals surface area (Å²) in [6.07, 6.45) is 1.35. The van der Waals surface area contributed by atoms with Gasteiger partial charge >= 0.3 is 0 Å². The lowest BCUT2D eigenvalue weighted by molar-refractivity contribution is 0.122. The van der Waals surface area contributed by atoms with E-state index in [1.54, 1.807) is 0 Å². The lowest BCUT2D eigenvalue weighted by atomic mass is 10.2. The van der Waals surface area contributed by atoms with Crippen molar-refractivity contribution in [2.24, 2.45) is 0 Å². The summed E-state index contributed by atoms with van der Waals surface area (Å²) in [6, 6.07) is 11.7. The highest BCUT2D eigenvalue weighted by atomic mass is 16.5. The highest BCUT2D eigenvalue weighted by Gasteiger charge is 2.13. The fraction of sp³-hybridized carbons (Fsp3) is 0.500. The molecule has 1 fully saturated rings. The molecular formula is C24H39N5O2. The highest BCUT2D eigenvalue weighted by Crippen LogP contribution is 2.23. The monoisotopic (exact) mass is 429 g/mol. The number of likely N-dealkylation sites (N-methyl/N-ethyl adjacent to an activating group) is 1. The molecule has 1 aliphatic rings. The van der Waals surface area contributed by atoms with Crippen molar-refractivity contribution in [3.8, 4) is 5.88 Å². The summed E-state index contributed by atoms with van der Waals surface area (Å²) in [7, 11) is 2.06. The van der Waals surface area contributed by atoms with Crippen molar-refractivity contribution in [1.82, 2.24) is 9.88 Å². The number of pyridine rings is 1. The Bertz CT molecular complexity index is 763. The first-order chi connectivity index (χ1) is 15.0. The number of benzene rings is 1. The van der Waals surface area contributed by atoms with Crippen molar-refractivity contribution in [2.75, 3.05) is 63.7 Å². The maximum atomic E-state index is 6.92. The third-order valence-corrected chi connectivity index (χ3v) is 4.65. The Morgan fingerprint density at radius 2 is 1.94 bits per heavy atom. The largest absolute Gasteiger partial charge is 0.476 e. The van der Waals surface area contributed by atoms with Crippen molar-refractivity contribution in [3.05, 3.63) is 47.5 Å². The number of hydrogen-bond donors (Lipinski definition) is 2. The Kier molecular flexibility index (Phi) is 12.9. The van der Waals surface area contributed by atoms with Crippen LogP contribution in [0.2, 0.25) is 0 Å². The first-order valence-electron chi connectivity index (χ1n) is 11.0. The molecule has 0 spiro atoms. The fourth-order valence-electron chi connectivity index (χ4n) is 2.81. The van der Waals surface area contributed by atoms with Crippen molar-refractivity contribution in [1.29, 1.82) is 5.41 Å². The predicted molar refractivity (Wildman–Crippen MR) is 131 cm³/mol. The van der Waals surface area contributed by atoms with Crippen molar-refractivity contribution in [2.45, 2.75) is 27.7 Å². The second-order valence-electron chi connectivity index (χ2n) is 6.99. The normalized spacial score (nSPS) is 12.9. The zero-order chi connectivity index (χ0) is 23.1. The molecule has 2 heterocycles. The van der Waals surface area contributed by atoms with E-state index >= 15 is 0 Å². The zero-order valence-electron chi connectivity index (χ0n) is 19.7. The molecule has 3 rings (SSSR count). The van der Waals surface area contributed by atoms with E-state index < -0.39 is 0 Å². The van der Waals surface area contributed by atoms with Crippen LogP contribution in [0.4, 0.5) is 11.5 Å². The molecule has 0 radical (unpaired) electrons. The minimum Gasteiger partial charge on any atom is -0.476 e. The van der Waals surface area contributed by atoms with Gasteiger partial charge in [-0.1, -0.05) is 50.6 Å². The summed E-state index contributed by atoms with van der Waals surface area (Å²) in [6.45, 7) is 13.9. The van der Waals surface area contributed by atoms with E-state index in [-0.39, 0.29) is 0 Å². The Morgan fingerprint density at radius 3 is 2.52 bits per heavy atom. The van der Waals surface area contributed by atoms with Crippen molar-refractivity contribution < 1.29 is 9.47 Å². The van der Waals surface area contributed by atoms with Crippen LogP contribution in [0, 0.1) is 12.3 Å². The van der Waals surface area contributed by atoms with Crippen molar-refractivity contribution >= 4 is 17.7 Å². The number of nitrogens with one attached hydrogen (secondary N) is 1. The summed E-state index contributed by atoms with van der Waals surface area (Å²) >= 11 is 0. The maximum Gasteiger partial charge on any atom is 0.217 e. The number of nitrogens with two attached hydrogens (primary N) is 1. The van der Waals surface area contributed by atoms with Gasteiger partial charge in [-0.25, -0.2) is 0 Å². The van der Waals surface area contributed by atoms with Crippen LogP contribution in [-0.4, -0.2) is 69.1 Å². The zero-order valence-corrected chi connectivity index (χ0v) is 19.7. The molecule has 1 saturated heterocycles. The van der Waals surface area contributed by atoms with E-state index in [9.17, 15) is 0 Å². The van der Waals surface area contributed by atoms with E-state index in [0.717, 1.165) is 50.6 Å². The minimum atomic E-state index is 0.493. The molecule has 0 atom stereocenters. The van der Waals surface area contributed by atoms with Crippen LogP contribution in [0.5, 0.6) is 5.88 Å². The van der Waals surface area contributed by atoms with E-state index in [1.807, 2.05) is 57.2 Å². The number of nitrogens with zero attached hydrogens (tertiary/aromatic N) is 3. The first kappa shape index (κ1) is 26.4. The van der Waals surface area contributed by atoms with Gasteiger partial charge in [0.2, 0.25) is 5.88 Å². The van der Waals surface area contributed by atoms with E-state index in [1.165, 1.54) is 11.8 Å². The Labute approximate surface area is 187 Å². The molecule has 0 amide bonds. The SMILES string of the molecule is CC.CCN(C)CCOc1cc(N2CCOCC2)cc(N)n1.Cc1cccc(C=N)c1. The molecule has 2 aromatic rings. The highest BCUT2D eigenvalue weighted by molar-refractivity contribution is 5.76. The second-order valence-corrected chi connectivity index (χ2v) is 6.99. The van der Waals surface area contributed by atoms with Gasteiger partial charge in [-0.3, -0.25) is 0 Å². The molecule has 7 nitrogen and oxygen atoms in total. The predicted octanol–water partition coefficient (Wildman–Crippen LogP) is 3.85. The average Bonchev–Trinajstić information content (AvgIpc) is 2.81. The number of aromatic nitrogens is 1. The third-order valence-electron chi connectivity index (χ3n) is 4.65. The molecule has 7 heteroatoms. The van der Waals surface area contributed by atoms with E-state index in [0.29, 0.717) is 18.3 Å². The summed E-state index contributed by atoms with van der Waals surface area (Å²) in [5.74, 6) is 1.09. The second kappa shape index (κ2) is 15.2. The van der Waals surface area contributed by atoms with Crippen LogP contribution in [-0.2, 0) is 4.74 Å². The topological polar surface area (TPSA) is 87.7 Å². The average molecular weight is 430 g/mol. The van der Waals surface area contributed by atoms with Crippen LogP contribution in [0.25, 0.3) is 0 Å².